The van der Waals surface area contributed by atoms with Crippen molar-refractivity contribution in [3.63, 3.8) is 0 Å². The number of nitro groups is 1. The number of phenols is 1. The summed E-state index contributed by atoms with van der Waals surface area (Å²) in [6, 6.07) is 3.37. The van der Waals surface area contributed by atoms with Crippen LogP contribution in [0.1, 0.15) is 23.9 Å². The van der Waals surface area contributed by atoms with E-state index in [0.29, 0.717) is 21.5 Å². The lowest BCUT2D eigenvalue weighted by Gasteiger charge is -2.08. The average Bonchev–Trinajstić information content (AvgIpc) is 2.83. The van der Waals surface area contributed by atoms with Gasteiger partial charge in [0.2, 0.25) is 5.76 Å². The van der Waals surface area contributed by atoms with Crippen LogP contribution in [-0.2, 0) is 0 Å². The maximum Gasteiger partial charge on any atom is 0.338 e. The predicted octanol–water partition coefficient (Wildman–Crippen LogP) is 3.77. The van der Waals surface area contributed by atoms with Gasteiger partial charge >= 0.3 is 5.69 Å². The number of phenolic OH excluding ortho intramolecular Hbond substituents is 1. The highest BCUT2D eigenvalue weighted by molar-refractivity contribution is 14.1. The van der Waals surface area contributed by atoms with Gasteiger partial charge in [0.05, 0.1) is 15.1 Å². The Kier molecular flexibility index (Phi) is 5.01. The van der Waals surface area contributed by atoms with Crippen molar-refractivity contribution in [3.05, 3.63) is 42.8 Å². The zero-order chi connectivity index (χ0) is 16.3. The Hall–Kier alpha value is -2.10. The number of benzene rings is 1. The highest BCUT2D eigenvalue weighted by Crippen LogP contribution is 2.33. The van der Waals surface area contributed by atoms with Crippen LogP contribution < -0.4 is 4.74 Å². The molecule has 0 aliphatic carbocycles. The number of halogens is 1. The van der Waals surface area contributed by atoms with E-state index in [2.05, 4.69) is 5.16 Å². The van der Waals surface area contributed by atoms with Crippen molar-refractivity contribution in [1.29, 1.82) is 0 Å². The highest BCUT2D eigenvalue weighted by Gasteiger charge is 2.22. The van der Waals surface area contributed by atoms with Crippen molar-refractivity contribution in [2.75, 3.05) is 6.61 Å². The smallest absolute Gasteiger partial charge is 0.338 e. The molecule has 0 unspecified atom stereocenters. The summed E-state index contributed by atoms with van der Waals surface area (Å²) in [4.78, 5) is 10.4. The van der Waals surface area contributed by atoms with Crippen LogP contribution in [0.4, 0.5) is 5.69 Å². The van der Waals surface area contributed by atoms with E-state index < -0.39 is 4.92 Å². The Labute approximate surface area is 139 Å². The summed E-state index contributed by atoms with van der Waals surface area (Å²) in [6.07, 6.45) is 3.10. The van der Waals surface area contributed by atoms with Crippen LogP contribution >= 0.6 is 22.6 Å². The Balaban J connectivity index is 2.37. The zero-order valence-corrected chi connectivity index (χ0v) is 14.0. The molecule has 0 bridgehead atoms. The van der Waals surface area contributed by atoms with Crippen LogP contribution in [0, 0.1) is 20.6 Å². The van der Waals surface area contributed by atoms with Gasteiger partial charge in [-0.05, 0) is 60.2 Å². The summed E-state index contributed by atoms with van der Waals surface area (Å²) in [6.45, 7) is 3.74. The number of nitrogens with zero attached hydrogens (tertiary/aromatic N) is 2. The first-order chi connectivity index (χ1) is 10.4. The third kappa shape index (κ3) is 3.38. The lowest BCUT2D eigenvalue weighted by molar-refractivity contribution is -0.386. The van der Waals surface area contributed by atoms with Crippen LogP contribution in [0.2, 0.25) is 0 Å². The standard InChI is InChI=1S/C14H13IN2O5/c1-3-21-12-7-9(6-10(15)14(12)18)4-5-11-13(17(19)20)8(2)16-22-11/h4-7,18H,3H2,1-2H3/b5-4-. The second-order valence-corrected chi connectivity index (χ2v) is 5.52. The molecule has 0 aliphatic heterocycles. The van der Waals surface area contributed by atoms with Crippen LogP contribution in [0.5, 0.6) is 11.5 Å². The van der Waals surface area contributed by atoms with E-state index in [4.69, 9.17) is 9.26 Å². The molecule has 22 heavy (non-hydrogen) atoms. The van der Waals surface area contributed by atoms with E-state index in [1.165, 1.54) is 13.0 Å². The van der Waals surface area contributed by atoms with E-state index in [0.717, 1.165) is 0 Å². The van der Waals surface area contributed by atoms with Gasteiger partial charge in [0.15, 0.2) is 17.2 Å². The van der Waals surface area contributed by atoms with Crippen molar-refractivity contribution >= 4 is 40.4 Å². The predicted molar refractivity (Wildman–Crippen MR) is 88.8 cm³/mol. The second-order valence-electron chi connectivity index (χ2n) is 4.35. The molecule has 0 aliphatic rings. The molecule has 7 nitrogen and oxygen atoms in total. The lowest BCUT2D eigenvalue weighted by Crippen LogP contribution is -1.93. The minimum absolute atomic E-state index is 0.0705. The molecule has 1 N–H and O–H groups in total. The molecule has 8 heteroatoms. The van der Waals surface area contributed by atoms with Crippen LogP contribution in [0.15, 0.2) is 16.7 Å². The Morgan fingerprint density at radius 3 is 2.86 bits per heavy atom. The van der Waals surface area contributed by atoms with Crippen LogP contribution in [-0.4, -0.2) is 21.8 Å². The fraction of sp³-hybridized carbons (Fsp3) is 0.214. The number of aromatic nitrogens is 1. The Morgan fingerprint density at radius 1 is 1.50 bits per heavy atom. The molecule has 116 valence electrons. The second kappa shape index (κ2) is 6.77. The minimum Gasteiger partial charge on any atom is -0.504 e. The van der Waals surface area contributed by atoms with Crippen molar-refractivity contribution in [3.8, 4) is 11.5 Å². The van der Waals surface area contributed by atoms with Gasteiger partial charge in [-0.25, -0.2) is 0 Å². The molecule has 2 rings (SSSR count). The molecule has 1 aromatic heterocycles. The number of aromatic hydroxyl groups is 1. The summed E-state index contributed by atoms with van der Waals surface area (Å²) < 4.78 is 10.9. The number of ether oxygens (including phenoxy) is 1. The number of hydrogen-bond acceptors (Lipinski definition) is 6. The molecular weight excluding hydrogens is 403 g/mol. The van der Waals surface area contributed by atoms with Crippen molar-refractivity contribution < 1.29 is 19.3 Å². The first kappa shape index (κ1) is 16.3. The van der Waals surface area contributed by atoms with E-state index in [1.807, 2.05) is 29.5 Å². The molecule has 1 heterocycles. The van der Waals surface area contributed by atoms with Gasteiger partial charge in [0.25, 0.3) is 0 Å². The van der Waals surface area contributed by atoms with Gasteiger partial charge < -0.3 is 14.4 Å². The monoisotopic (exact) mass is 416 g/mol. The molecule has 0 saturated heterocycles. The molecule has 1 aromatic carbocycles. The Bertz CT molecular complexity index is 739. The molecular formula is C14H13IN2O5. The maximum absolute atomic E-state index is 11.0. The van der Waals surface area contributed by atoms with Gasteiger partial charge in [0.1, 0.15) is 0 Å². The molecule has 2 aromatic rings. The topological polar surface area (TPSA) is 98.6 Å². The molecule has 0 radical (unpaired) electrons. The largest absolute Gasteiger partial charge is 0.504 e. The van der Waals surface area contributed by atoms with E-state index in [1.54, 1.807) is 18.2 Å². The summed E-state index contributed by atoms with van der Waals surface area (Å²) in [5, 5.41) is 24.4. The fourth-order valence-electron chi connectivity index (χ4n) is 1.84. The van der Waals surface area contributed by atoms with E-state index in [9.17, 15) is 15.2 Å². The first-order valence-corrected chi connectivity index (χ1v) is 7.46. The van der Waals surface area contributed by atoms with E-state index >= 15 is 0 Å². The normalized spacial score (nSPS) is 11.0. The van der Waals surface area contributed by atoms with Crippen LogP contribution in [0.3, 0.4) is 0 Å². The van der Waals surface area contributed by atoms with Crippen molar-refractivity contribution in [2.24, 2.45) is 0 Å². The summed E-state index contributed by atoms with van der Waals surface area (Å²) in [5.41, 5.74) is 0.781. The molecule has 0 fully saturated rings. The average molecular weight is 416 g/mol. The number of rotatable bonds is 5. The van der Waals surface area contributed by atoms with Gasteiger partial charge in [-0.2, -0.15) is 0 Å². The molecule has 0 saturated carbocycles. The third-order valence-corrected chi connectivity index (χ3v) is 3.64. The minimum atomic E-state index is -0.530. The number of hydrogen-bond donors (Lipinski definition) is 1. The van der Waals surface area contributed by atoms with E-state index in [-0.39, 0.29) is 22.9 Å². The van der Waals surface area contributed by atoms with Crippen LogP contribution in [0.25, 0.3) is 12.2 Å². The van der Waals surface area contributed by atoms with Crippen molar-refractivity contribution in [1.82, 2.24) is 5.16 Å². The lowest BCUT2D eigenvalue weighted by atomic mass is 10.1. The van der Waals surface area contributed by atoms with Crippen molar-refractivity contribution in [2.45, 2.75) is 13.8 Å². The summed E-state index contributed by atoms with van der Waals surface area (Å²) >= 11 is 1.98. The Morgan fingerprint density at radius 2 is 2.23 bits per heavy atom. The zero-order valence-electron chi connectivity index (χ0n) is 11.9. The SMILES string of the molecule is CCOc1cc(/C=C\c2onc(C)c2[N+](=O)[O-])cc(I)c1O. The van der Waals surface area contributed by atoms with Gasteiger partial charge in [-0.3, -0.25) is 10.1 Å². The molecule has 0 atom stereocenters. The van der Waals surface area contributed by atoms with Gasteiger partial charge in [-0.1, -0.05) is 11.2 Å². The summed E-state index contributed by atoms with van der Waals surface area (Å²) in [7, 11) is 0. The highest BCUT2D eigenvalue weighted by atomic mass is 127. The molecule has 0 spiro atoms. The summed E-state index contributed by atoms with van der Waals surface area (Å²) in [5.74, 6) is 0.502. The first-order valence-electron chi connectivity index (χ1n) is 6.38. The van der Waals surface area contributed by atoms with Gasteiger partial charge in [-0.15, -0.1) is 0 Å². The third-order valence-electron chi connectivity index (χ3n) is 2.82. The maximum atomic E-state index is 11.0. The fourth-order valence-corrected chi connectivity index (χ4v) is 2.47. The van der Waals surface area contributed by atoms with Gasteiger partial charge in [0, 0.05) is 0 Å². The number of aryl methyl sites for hydroxylation is 1. The quantitative estimate of drug-likeness (QED) is 0.453. The molecule has 0 amide bonds.